The van der Waals surface area contributed by atoms with Crippen molar-refractivity contribution in [2.45, 2.75) is 4.90 Å². The standard InChI is InChI=1S/C12H8Cl2FNO3S/c13-8-5-4-7(6-10(8)15)16-20(18,19)11-3-1-2-9(14)12(11)17/h1-6,16-17H. The number of benzene rings is 2. The van der Waals surface area contributed by atoms with Gasteiger partial charge in [-0.15, -0.1) is 0 Å². The van der Waals surface area contributed by atoms with Gasteiger partial charge < -0.3 is 5.11 Å². The van der Waals surface area contributed by atoms with Gasteiger partial charge in [-0.1, -0.05) is 29.3 Å². The van der Waals surface area contributed by atoms with Gasteiger partial charge >= 0.3 is 0 Å². The van der Waals surface area contributed by atoms with Crippen LogP contribution in [0.2, 0.25) is 10.0 Å². The van der Waals surface area contributed by atoms with Crippen molar-refractivity contribution < 1.29 is 17.9 Å². The molecule has 20 heavy (non-hydrogen) atoms. The second-order valence-corrected chi connectivity index (χ2v) is 6.29. The number of nitrogens with one attached hydrogen (secondary N) is 1. The third-order valence-electron chi connectivity index (χ3n) is 2.41. The Balaban J connectivity index is 2.41. The molecule has 2 rings (SSSR count). The van der Waals surface area contributed by atoms with Gasteiger partial charge in [0.05, 0.1) is 15.7 Å². The second kappa shape index (κ2) is 5.47. The van der Waals surface area contributed by atoms with E-state index in [4.69, 9.17) is 23.2 Å². The quantitative estimate of drug-likeness (QED) is 0.899. The lowest BCUT2D eigenvalue weighted by Gasteiger charge is -2.10. The molecule has 106 valence electrons. The Labute approximate surface area is 124 Å². The van der Waals surface area contributed by atoms with Gasteiger partial charge in [0.25, 0.3) is 10.0 Å². The lowest BCUT2D eigenvalue weighted by Crippen LogP contribution is -2.13. The number of rotatable bonds is 3. The summed E-state index contributed by atoms with van der Waals surface area (Å²) < 4.78 is 39.6. The normalized spacial score (nSPS) is 11.3. The van der Waals surface area contributed by atoms with E-state index >= 15 is 0 Å². The van der Waals surface area contributed by atoms with Crippen LogP contribution in [0.3, 0.4) is 0 Å². The maximum atomic E-state index is 13.3. The Morgan fingerprint density at radius 3 is 2.45 bits per heavy atom. The lowest BCUT2D eigenvalue weighted by atomic mass is 10.3. The Hall–Kier alpha value is -1.50. The Kier molecular flexibility index (Phi) is 4.08. The van der Waals surface area contributed by atoms with E-state index in [2.05, 4.69) is 4.72 Å². The maximum Gasteiger partial charge on any atom is 0.265 e. The van der Waals surface area contributed by atoms with Crippen molar-refractivity contribution in [2.75, 3.05) is 4.72 Å². The van der Waals surface area contributed by atoms with Crippen molar-refractivity contribution in [3.8, 4) is 5.75 Å². The van der Waals surface area contributed by atoms with Gasteiger partial charge in [0.2, 0.25) is 0 Å². The van der Waals surface area contributed by atoms with Crippen molar-refractivity contribution >= 4 is 38.9 Å². The predicted octanol–water partition coefficient (Wildman–Crippen LogP) is 3.64. The van der Waals surface area contributed by atoms with Gasteiger partial charge in [0.1, 0.15) is 10.7 Å². The molecule has 0 bridgehead atoms. The van der Waals surface area contributed by atoms with Crippen LogP contribution in [0.25, 0.3) is 0 Å². The number of phenolic OH excluding ortho intramolecular Hbond substituents is 1. The van der Waals surface area contributed by atoms with E-state index in [-0.39, 0.29) is 15.7 Å². The lowest BCUT2D eigenvalue weighted by molar-refractivity contribution is 0.459. The first-order chi connectivity index (χ1) is 9.31. The van der Waals surface area contributed by atoms with E-state index < -0.39 is 26.5 Å². The minimum absolute atomic E-state index is 0.0220. The molecule has 0 aliphatic carbocycles. The summed E-state index contributed by atoms with van der Waals surface area (Å²) >= 11 is 11.2. The number of aromatic hydroxyl groups is 1. The number of hydrogen-bond donors (Lipinski definition) is 2. The number of hydrogen-bond acceptors (Lipinski definition) is 3. The topological polar surface area (TPSA) is 66.4 Å². The highest BCUT2D eigenvalue weighted by Gasteiger charge is 2.20. The predicted molar refractivity (Wildman–Crippen MR) is 75.3 cm³/mol. The monoisotopic (exact) mass is 335 g/mol. The van der Waals surface area contributed by atoms with Crippen LogP contribution in [0.1, 0.15) is 0 Å². The molecule has 0 saturated carbocycles. The molecule has 2 aromatic rings. The molecule has 2 aromatic carbocycles. The summed E-state index contributed by atoms with van der Waals surface area (Å²) in [5, 5.41) is 9.44. The Morgan fingerprint density at radius 1 is 1.10 bits per heavy atom. The molecule has 0 aromatic heterocycles. The van der Waals surface area contributed by atoms with Crippen molar-refractivity contribution in [3.63, 3.8) is 0 Å². The summed E-state index contributed by atoms with van der Waals surface area (Å²) in [6.07, 6.45) is 0. The van der Waals surface area contributed by atoms with E-state index in [1.165, 1.54) is 30.3 Å². The molecule has 8 heteroatoms. The van der Waals surface area contributed by atoms with E-state index in [0.29, 0.717) is 0 Å². The third-order valence-corrected chi connectivity index (χ3v) is 4.44. The van der Waals surface area contributed by atoms with E-state index in [9.17, 15) is 17.9 Å². The average molecular weight is 336 g/mol. The minimum atomic E-state index is -4.09. The highest BCUT2D eigenvalue weighted by atomic mass is 35.5. The van der Waals surface area contributed by atoms with Gasteiger partial charge in [-0.2, -0.15) is 0 Å². The van der Waals surface area contributed by atoms with Gasteiger partial charge in [-0.25, -0.2) is 12.8 Å². The molecule has 0 fully saturated rings. The van der Waals surface area contributed by atoms with Gasteiger partial charge in [0, 0.05) is 0 Å². The SMILES string of the molecule is O=S(=O)(Nc1ccc(Cl)c(F)c1)c1cccc(Cl)c1O. The van der Waals surface area contributed by atoms with Crippen LogP contribution < -0.4 is 4.72 Å². The molecule has 0 heterocycles. The molecule has 0 aliphatic heterocycles. The smallest absolute Gasteiger partial charge is 0.265 e. The largest absolute Gasteiger partial charge is 0.505 e. The van der Waals surface area contributed by atoms with Crippen LogP contribution in [0.15, 0.2) is 41.3 Å². The van der Waals surface area contributed by atoms with Crippen molar-refractivity contribution in [1.82, 2.24) is 0 Å². The summed E-state index contributed by atoms with van der Waals surface area (Å²) in [6, 6.07) is 7.34. The van der Waals surface area contributed by atoms with Crippen LogP contribution >= 0.6 is 23.2 Å². The second-order valence-electron chi connectivity index (χ2n) is 3.82. The van der Waals surface area contributed by atoms with Crippen LogP contribution in [0, 0.1) is 5.82 Å². The highest BCUT2D eigenvalue weighted by Crippen LogP contribution is 2.31. The van der Waals surface area contributed by atoms with Crippen LogP contribution in [-0.2, 0) is 10.0 Å². The first-order valence-electron chi connectivity index (χ1n) is 5.26. The van der Waals surface area contributed by atoms with Crippen LogP contribution in [-0.4, -0.2) is 13.5 Å². The van der Waals surface area contributed by atoms with Gasteiger partial charge in [-0.05, 0) is 30.3 Å². The molecule has 2 N–H and O–H groups in total. The number of sulfonamides is 1. The molecule has 0 spiro atoms. The molecule has 0 atom stereocenters. The molecular formula is C12H8Cl2FNO3S. The van der Waals surface area contributed by atoms with Crippen molar-refractivity contribution in [1.29, 1.82) is 0 Å². The zero-order valence-corrected chi connectivity index (χ0v) is 12.1. The zero-order valence-electron chi connectivity index (χ0n) is 9.77. The fraction of sp³-hybridized carbons (Fsp3) is 0. The average Bonchev–Trinajstić information content (AvgIpc) is 2.36. The molecule has 4 nitrogen and oxygen atoms in total. The molecule has 0 radical (unpaired) electrons. The summed E-state index contributed by atoms with van der Waals surface area (Å²) in [5.41, 5.74) is -0.0220. The molecule has 0 amide bonds. The van der Waals surface area contributed by atoms with Gasteiger partial charge in [0.15, 0.2) is 5.75 Å². The molecule has 0 unspecified atom stereocenters. The number of para-hydroxylation sites is 1. The number of halogens is 3. The van der Waals surface area contributed by atoms with Crippen molar-refractivity contribution in [2.24, 2.45) is 0 Å². The minimum Gasteiger partial charge on any atom is -0.505 e. The summed E-state index contributed by atoms with van der Waals surface area (Å²) in [7, 11) is -4.09. The van der Waals surface area contributed by atoms with E-state index in [0.717, 1.165) is 6.07 Å². The fourth-order valence-electron chi connectivity index (χ4n) is 1.48. The van der Waals surface area contributed by atoms with Crippen molar-refractivity contribution in [3.05, 3.63) is 52.3 Å². The molecule has 0 saturated heterocycles. The summed E-state index contributed by atoms with van der Waals surface area (Å²) in [4.78, 5) is -0.402. The summed E-state index contributed by atoms with van der Waals surface area (Å²) in [6.45, 7) is 0. The molecule has 0 aliphatic rings. The maximum absolute atomic E-state index is 13.3. The highest BCUT2D eigenvalue weighted by molar-refractivity contribution is 7.92. The van der Waals surface area contributed by atoms with Crippen LogP contribution in [0.4, 0.5) is 10.1 Å². The first-order valence-corrected chi connectivity index (χ1v) is 7.50. The Bertz CT molecular complexity index is 765. The first kappa shape index (κ1) is 14.9. The van der Waals surface area contributed by atoms with E-state index in [1.807, 2.05) is 0 Å². The summed E-state index contributed by atoms with van der Waals surface area (Å²) in [5.74, 6) is -1.33. The fourth-order valence-corrected chi connectivity index (χ4v) is 3.00. The van der Waals surface area contributed by atoms with Crippen LogP contribution in [0.5, 0.6) is 5.75 Å². The molecular weight excluding hydrogens is 328 g/mol. The Morgan fingerprint density at radius 2 is 1.80 bits per heavy atom. The van der Waals surface area contributed by atoms with Gasteiger partial charge in [-0.3, -0.25) is 4.72 Å². The third kappa shape index (κ3) is 2.98. The number of phenols is 1. The van der Waals surface area contributed by atoms with E-state index in [1.54, 1.807) is 0 Å². The zero-order chi connectivity index (χ0) is 14.9. The number of anilines is 1.